The summed E-state index contributed by atoms with van der Waals surface area (Å²) in [7, 11) is 0. The van der Waals surface area contributed by atoms with Crippen LogP contribution in [0.1, 0.15) is 19.5 Å². The molecule has 0 unspecified atom stereocenters. The molecule has 0 radical (unpaired) electrons. The zero-order valence-corrected chi connectivity index (χ0v) is 11.4. The quantitative estimate of drug-likeness (QED) is 0.928. The smallest absolute Gasteiger partial charge is 0.153 e. The fraction of sp³-hybridized carbons (Fsp3) is 0.400. The highest BCUT2D eigenvalue weighted by Gasteiger charge is 2.08. The van der Waals surface area contributed by atoms with Crippen molar-refractivity contribution in [3.63, 3.8) is 0 Å². The Morgan fingerprint density at radius 2 is 2.25 bits per heavy atom. The molecule has 0 aromatic carbocycles. The lowest BCUT2D eigenvalue weighted by atomic mass is 10.4. The van der Waals surface area contributed by atoms with E-state index < -0.39 is 0 Å². The molecule has 0 bridgehead atoms. The lowest BCUT2D eigenvalue weighted by Crippen LogP contribution is -2.21. The first kappa shape index (κ1) is 12.0. The topological polar surface area (TPSA) is 37.8 Å². The average Bonchev–Trinajstić information content (AvgIpc) is 2.83. The minimum Gasteiger partial charge on any atom is -0.309 e. The summed E-state index contributed by atoms with van der Waals surface area (Å²) in [6, 6.07) is 0.472. The molecular formula is C10H12ClN3S2. The zero-order valence-electron chi connectivity index (χ0n) is 9.03. The highest BCUT2D eigenvalue weighted by atomic mass is 35.5. The van der Waals surface area contributed by atoms with Gasteiger partial charge in [-0.15, -0.1) is 11.3 Å². The Labute approximate surface area is 108 Å². The number of rotatable bonds is 4. The highest BCUT2D eigenvalue weighted by Crippen LogP contribution is 2.30. The molecule has 2 heterocycles. The molecule has 16 heavy (non-hydrogen) atoms. The predicted octanol–water partition coefficient (Wildman–Crippen LogP) is 3.42. The molecule has 0 fully saturated rings. The van der Waals surface area contributed by atoms with Gasteiger partial charge in [-0.25, -0.2) is 9.97 Å². The normalized spacial score (nSPS) is 11.2. The molecule has 0 atom stereocenters. The third-order valence-electron chi connectivity index (χ3n) is 1.90. The van der Waals surface area contributed by atoms with E-state index in [2.05, 4.69) is 34.5 Å². The standard InChI is InChI=1S/C10H12ClN3S2/c1-6(2)12-3-7-5-15-10(14-7)9-13-4-8(11)16-9/h4-6,12H,3H2,1-2H3. The summed E-state index contributed by atoms with van der Waals surface area (Å²) in [6.45, 7) is 5.04. The predicted molar refractivity (Wildman–Crippen MR) is 70.2 cm³/mol. The second-order valence-corrected chi connectivity index (χ2v) is 6.17. The summed E-state index contributed by atoms with van der Waals surface area (Å²) >= 11 is 8.91. The van der Waals surface area contributed by atoms with Crippen LogP contribution in [-0.2, 0) is 6.54 Å². The molecule has 0 aliphatic rings. The molecule has 86 valence electrons. The third kappa shape index (κ3) is 3.01. The summed E-state index contributed by atoms with van der Waals surface area (Å²) in [6.07, 6.45) is 1.66. The van der Waals surface area contributed by atoms with E-state index in [9.17, 15) is 0 Å². The summed E-state index contributed by atoms with van der Waals surface area (Å²) in [5.41, 5.74) is 1.06. The Hall–Kier alpha value is -0.490. The molecule has 0 amide bonds. The van der Waals surface area contributed by atoms with Crippen molar-refractivity contribution in [2.24, 2.45) is 0 Å². The molecule has 1 N–H and O–H groups in total. The number of thiazole rings is 2. The van der Waals surface area contributed by atoms with Gasteiger partial charge in [-0.1, -0.05) is 36.8 Å². The number of nitrogens with zero attached hydrogens (tertiary/aromatic N) is 2. The van der Waals surface area contributed by atoms with Gasteiger partial charge in [0.05, 0.1) is 11.9 Å². The van der Waals surface area contributed by atoms with Crippen LogP contribution in [0.25, 0.3) is 10.0 Å². The van der Waals surface area contributed by atoms with Crippen LogP contribution in [0.3, 0.4) is 0 Å². The SMILES string of the molecule is CC(C)NCc1csc(-c2ncc(Cl)s2)n1. The summed E-state index contributed by atoms with van der Waals surface area (Å²) < 4.78 is 0.701. The van der Waals surface area contributed by atoms with E-state index in [4.69, 9.17) is 11.6 Å². The molecule has 0 spiro atoms. The van der Waals surface area contributed by atoms with Crippen molar-refractivity contribution in [1.82, 2.24) is 15.3 Å². The average molecular weight is 274 g/mol. The van der Waals surface area contributed by atoms with Gasteiger partial charge in [0.1, 0.15) is 4.34 Å². The largest absolute Gasteiger partial charge is 0.309 e. The van der Waals surface area contributed by atoms with Crippen LogP contribution in [0, 0.1) is 0 Å². The van der Waals surface area contributed by atoms with Crippen molar-refractivity contribution >= 4 is 34.3 Å². The number of halogens is 1. The zero-order chi connectivity index (χ0) is 11.5. The Kier molecular flexibility index (Phi) is 3.91. The van der Waals surface area contributed by atoms with E-state index in [-0.39, 0.29) is 0 Å². The van der Waals surface area contributed by atoms with Gasteiger partial charge >= 0.3 is 0 Å². The van der Waals surface area contributed by atoms with Crippen molar-refractivity contribution in [2.75, 3.05) is 0 Å². The van der Waals surface area contributed by atoms with E-state index >= 15 is 0 Å². The molecular weight excluding hydrogens is 262 g/mol. The van der Waals surface area contributed by atoms with Crippen molar-refractivity contribution in [3.05, 3.63) is 21.6 Å². The van der Waals surface area contributed by atoms with Crippen molar-refractivity contribution in [2.45, 2.75) is 26.4 Å². The lowest BCUT2D eigenvalue weighted by molar-refractivity contribution is 0.583. The van der Waals surface area contributed by atoms with E-state index in [0.717, 1.165) is 22.3 Å². The number of nitrogens with one attached hydrogen (secondary N) is 1. The van der Waals surface area contributed by atoms with Crippen LogP contribution in [0.4, 0.5) is 0 Å². The molecule has 2 aromatic heterocycles. The molecule has 0 saturated heterocycles. The Balaban J connectivity index is 2.07. The van der Waals surface area contributed by atoms with E-state index in [1.807, 2.05) is 0 Å². The molecule has 0 saturated carbocycles. The van der Waals surface area contributed by atoms with Gasteiger partial charge in [-0.2, -0.15) is 0 Å². The van der Waals surface area contributed by atoms with E-state index in [1.165, 1.54) is 11.3 Å². The molecule has 0 aliphatic heterocycles. The Morgan fingerprint density at radius 3 is 2.88 bits per heavy atom. The third-order valence-corrected chi connectivity index (χ3v) is 4.05. The monoisotopic (exact) mass is 273 g/mol. The van der Waals surface area contributed by atoms with Crippen LogP contribution in [0.15, 0.2) is 11.6 Å². The van der Waals surface area contributed by atoms with Gasteiger partial charge in [-0.3, -0.25) is 0 Å². The fourth-order valence-corrected chi connectivity index (χ4v) is 2.92. The first-order chi connectivity index (χ1) is 7.65. The number of hydrogen-bond donors (Lipinski definition) is 1. The fourth-order valence-electron chi connectivity index (χ4n) is 1.15. The minimum absolute atomic E-state index is 0.472. The van der Waals surface area contributed by atoms with Gasteiger partial charge in [0.2, 0.25) is 0 Å². The van der Waals surface area contributed by atoms with Gasteiger partial charge in [0, 0.05) is 18.0 Å². The van der Waals surface area contributed by atoms with E-state index in [0.29, 0.717) is 10.4 Å². The maximum Gasteiger partial charge on any atom is 0.153 e. The Morgan fingerprint density at radius 1 is 1.44 bits per heavy atom. The van der Waals surface area contributed by atoms with Crippen LogP contribution < -0.4 is 5.32 Å². The van der Waals surface area contributed by atoms with Gasteiger partial charge in [0.15, 0.2) is 10.0 Å². The van der Waals surface area contributed by atoms with Gasteiger partial charge in [0.25, 0.3) is 0 Å². The van der Waals surface area contributed by atoms with Gasteiger partial charge < -0.3 is 5.32 Å². The molecule has 2 aromatic rings. The van der Waals surface area contributed by atoms with Crippen molar-refractivity contribution in [1.29, 1.82) is 0 Å². The second kappa shape index (κ2) is 5.23. The summed E-state index contributed by atoms with van der Waals surface area (Å²) in [4.78, 5) is 8.72. The minimum atomic E-state index is 0.472. The Bertz CT molecular complexity index is 464. The second-order valence-electron chi connectivity index (χ2n) is 3.65. The van der Waals surface area contributed by atoms with Crippen LogP contribution >= 0.6 is 34.3 Å². The van der Waals surface area contributed by atoms with Crippen LogP contribution in [0.2, 0.25) is 4.34 Å². The van der Waals surface area contributed by atoms with Crippen LogP contribution in [0.5, 0.6) is 0 Å². The maximum absolute atomic E-state index is 5.84. The molecule has 3 nitrogen and oxygen atoms in total. The first-order valence-corrected chi connectivity index (χ1v) is 7.02. The van der Waals surface area contributed by atoms with Gasteiger partial charge in [-0.05, 0) is 0 Å². The van der Waals surface area contributed by atoms with E-state index in [1.54, 1.807) is 17.5 Å². The van der Waals surface area contributed by atoms with Crippen molar-refractivity contribution in [3.8, 4) is 10.0 Å². The lowest BCUT2D eigenvalue weighted by Gasteiger charge is -2.04. The number of hydrogen-bond acceptors (Lipinski definition) is 5. The van der Waals surface area contributed by atoms with Crippen LogP contribution in [-0.4, -0.2) is 16.0 Å². The molecule has 2 rings (SSSR count). The van der Waals surface area contributed by atoms with Crippen molar-refractivity contribution < 1.29 is 0 Å². The first-order valence-electron chi connectivity index (χ1n) is 4.94. The summed E-state index contributed by atoms with van der Waals surface area (Å²) in [5, 5.41) is 7.22. The summed E-state index contributed by atoms with van der Waals surface area (Å²) in [5.74, 6) is 0. The molecule has 0 aliphatic carbocycles. The highest BCUT2D eigenvalue weighted by molar-refractivity contribution is 7.22. The molecule has 6 heteroatoms. The maximum atomic E-state index is 5.84. The number of aromatic nitrogens is 2.